The molecule has 0 aromatic carbocycles. The smallest absolute Gasteiger partial charge is 0.233 e. The van der Waals surface area contributed by atoms with Crippen molar-refractivity contribution in [1.29, 1.82) is 0 Å². The van der Waals surface area contributed by atoms with Crippen LogP contribution in [0.2, 0.25) is 0 Å². The topological polar surface area (TPSA) is 55.1 Å². The van der Waals surface area contributed by atoms with Gasteiger partial charge in [-0.3, -0.25) is 4.79 Å². The Morgan fingerprint density at radius 3 is 2.42 bits per heavy atom. The van der Waals surface area contributed by atoms with Gasteiger partial charge in [0.05, 0.1) is 10.4 Å². The molecule has 3 nitrogen and oxygen atoms in total. The van der Waals surface area contributed by atoms with Crippen molar-refractivity contribution in [3.05, 3.63) is 0 Å². The number of thiocarbonyl (C=S) groups is 1. The van der Waals surface area contributed by atoms with Crippen LogP contribution in [0.1, 0.15) is 57.8 Å². The molecule has 106 valence electrons. The maximum atomic E-state index is 12.7. The van der Waals surface area contributed by atoms with Gasteiger partial charge in [0, 0.05) is 6.04 Å². The Balaban J connectivity index is 1.69. The van der Waals surface area contributed by atoms with Gasteiger partial charge in [0.25, 0.3) is 0 Å². The van der Waals surface area contributed by atoms with E-state index in [4.69, 9.17) is 18.0 Å². The SMILES string of the molecule is NC(=S)C1(C(=O)NC2CC3CCC2C3)CCCCC1. The number of nitrogens with two attached hydrogens (primary N) is 1. The van der Waals surface area contributed by atoms with E-state index in [9.17, 15) is 4.79 Å². The summed E-state index contributed by atoms with van der Waals surface area (Å²) in [5.41, 5.74) is 5.38. The molecule has 2 bridgehead atoms. The lowest BCUT2D eigenvalue weighted by molar-refractivity contribution is -0.129. The van der Waals surface area contributed by atoms with Crippen LogP contribution >= 0.6 is 12.2 Å². The summed E-state index contributed by atoms with van der Waals surface area (Å²) in [5.74, 6) is 1.68. The average Bonchev–Trinajstić information content (AvgIpc) is 3.01. The fourth-order valence-electron chi connectivity index (χ4n) is 4.47. The quantitative estimate of drug-likeness (QED) is 0.781. The maximum absolute atomic E-state index is 12.7. The van der Waals surface area contributed by atoms with E-state index in [1.807, 2.05) is 0 Å². The summed E-state index contributed by atoms with van der Waals surface area (Å²) in [4.78, 5) is 13.1. The van der Waals surface area contributed by atoms with Gasteiger partial charge in [0.15, 0.2) is 0 Å². The van der Waals surface area contributed by atoms with Crippen LogP contribution in [0.15, 0.2) is 0 Å². The number of carbonyl (C=O) groups is 1. The van der Waals surface area contributed by atoms with Crippen LogP contribution in [0.4, 0.5) is 0 Å². The molecule has 3 fully saturated rings. The van der Waals surface area contributed by atoms with E-state index in [-0.39, 0.29) is 5.91 Å². The first-order valence-corrected chi connectivity index (χ1v) is 8.13. The molecule has 3 unspecified atom stereocenters. The van der Waals surface area contributed by atoms with E-state index >= 15 is 0 Å². The van der Waals surface area contributed by atoms with E-state index in [2.05, 4.69) is 5.32 Å². The number of rotatable bonds is 3. The number of carbonyl (C=O) groups excluding carboxylic acids is 1. The molecule has 1 amide bonds. The van der Waals surface area contributed by atoms with Crippen LogP contribution in [0.3, 0.4) is 0 Å². The second kappa shape index (κ2) is 5.04. The minimum atomic E-state index is -0.546. The van der Waals surface area contributed by atoms with Crippen molar-refractivity contribution in [2.75, 3.05) is 0 Å². The number of hydrogen-bond acceptors (Lipinski definition) is 2. The van der Waals surface area contributed by atoms with Gasteiger partial charge in [-0.1, -0.05) is 37.9 Å². The first-order valence-electron chi connectivity index (χ1n) is 7.73. The molecular weight excluding hydrogens is 256 g/mol. The van der Waals surface area contributed by atoms with Crippen molar-refractivity contribution in [1.82, 2.24) is 5.32 Å². The third kappa shape index (κ3) is 2.28. The van der Waals surface area contributed by atoms with Gasteiger partial charge < -0.3 is 11.1 Å². The summed E-state index contributed by atoms with van der Waals surface area (Å²) in [7, 11) is 0. The fraction of sp³-hybridized carbons (Fsp3) is 0.867. The van der Waals surface area contributed by atoms with Crippen molar-refractivity contribution in [3.63, 3.8) is 0 Å². The van der Waals surface area contributed by atoms with E-state index in [1.165, 1.54) is 32.1 Å². The first-order chi connectivity index (χ1) is 9.12. The predicted molar refractivity (Wildman–Crippen MR) is 79.7 cm³/mol. The highest BCUT2D eigenvalue weighted by Gasteiger charge is 2.46. The van der Waals surface area contributed by atoms with Crippen LogP contribution in [-0.4, -0.2) is 16.9 Å². The lowest BCUT2D eigenvalue weighted by Gasteiger charge is -2.36. The molecule has 0 heterocycles. The molecule has 0 aliphatic heterocycles. The number of amides is 1. The Labute approximate surface area is 120 Å². The molecule has 3 N–H and O–H groups in total. The summed E-state index contributed by atoms with van der Waals surface area (Å²) in [5, 5.41) is 3.30. The molecule has 4 heteroatoms. The highest BCUT2D eigenvalue weighted by atomic mass is 32.1. The zero-order valence-corrected chi connectivity index (χ0v) is 12.3. The van der Waals surface area contributed by atoms with Gasteiger partial charge in [-0.15, -0.1) is 0 Å². The highest BCUT2D eigenvalue weighted by Crippen LogP contribution is 2.45. The van der Waals surface area contributed by atoms with Gasteiger partial charge in [0.2, 0.25) is 5.91 Å². The number of fused-ring (bicyclic) bond motifs is 2. The molecule has 19 heavy (non-hydrogen) atoms. The van der Waals surface area contributed by atoms with Crippen molar-refractivity contribution in [3.8, 4) is 0 Å². The largest absolute Gasteiger partial charge is 0.392 e. The summed E-state index contributed by atoms with van der Waals surface area (Å²) in [6, 6.07) is 0.388. The first kappa shape index (κ1) is 13.3. The standard InChI is InChI=1S/C15H24N2OS/c16-13(19)15(6-2-1-3-7-15)14(18)17-12-9-10-4-5-11(12)8-10/h10-12H,1-9H2,(H2,16,19)(H,17,18). The van der Waals surface area contributed by atoms with Gasteiger partial charge in [-0.2, -0.15) is 0 Å². The third-order valence-corrected chi connectivity index (χ3v) is 6.06. The van der Waals surface area contributed by atoms with E-state index < -0.39 is 5.41 Å². The lowest BCUT2D eigenvalue weighted by atomic mass is 9.73. The molecule has 3 aliphatic rings. The van der Waals surface area contributed by atoms with Crippen molar-refractivity contribution < 1.29 is 4.79 Å². The number of nitrogens with one attached hydrogen (secondary N) is 1. The summed E-state index contributed by atoms with van der Waals surface area (Å²) in [6.45, 7) is 0. The van der Waals surface area contributed by atoms with Crippen LogP contribution in [0, 0.1) is 17.3 Å². The minimum Gasteiger partial charge on any atom is -0.392 e. The van der Waals surface area contributed by atoms with Gasteiger partial charge in [-0.05, 0) is 43.9 Å². The molecule has 0 aromatic heterocycles. The molecule has 0 radical (unpaired) electrons. The van der Waals surface area contributed by atoms with E-state index in [1.54, 1.807) is 0 Å². The third-order valence-electron chi connectivity index (χ3n) is 5.67. The maximum Gasteiger partial charge on any atom is 0.233 e. The van der Waals surface area contributed by atoms with Crippen molar-refractivity contribution in [2.24, 2.45) is 23.0 Å². The van der Waals surface area contributed by atoms with E-state index in [0.29, 0.717) is 16.9 Å². The molecule has 0 saturated heterocycles. The van der Waals surface area contributed by atoms with Crippen molar-refractivity contribution >= 4 is 23.1 Å². The van der Waals surface area contributed by atoms with Crippen LogP contribution < -0.4 is 11.1 Å². The predicted octanol–water partition coefficient (Wildman–Crippen LogP) is 2.53. The Hall–Kier alpha value is -0.640. The summed E-state index contributed by atoms with van der Waals surface area (Å²) < 4.78 is 0. The Morgan fingerprint density at radius 2 is 1.89 bits per heavy atom. The monoisotopic (exact) mass is 280 g/mol. The molecule has 0 spiro atoms. The highest BCUT2D eigenvalue weighted by molar-refractivity contribution is 7.80. The minimum absolute atomic E-state index is 0.122. The summed E-state index contributed by atoms with van der Waals surface area (Å²) in [6.07, 6.45) is 10.2. The van der Waals surface area contributed by atoms with Gasteiger partial charge in [0.1, 0.15) is 0 Å². The zero-order valence-electron chi connectivity index (χ0n) is 11.5. The van der Waals surface area contributed by atoms with Crippen molar-refractivity contribution in [2.45, 2.75) is 63.8 Å². The van der Waals surface area contributed by atoms with Crippen LogP contribution in [0.25, 0.3) is 0 Å². The second-order valence-electron chi connectivity index (χ2n) is 6.76. The Bertz CT molecular complexity index is 390. The summed E-state index contributed by atoms with van der Waals surface area (Å²) >= 11 is 5.23. The molecule has 3 rings (SSSR count). The Kier molecular flexibility index (Phi) is 3.54. The number of hydrogen-bond donors (Lipinski definition) is 2. The fourth-order valence-corrected chi connectivity index (χ4v) is 4.77. The van der Waals surface area contributed by atoms with Gasteiger partial charge in [-0.25, -0.2) is 0 Å². The molecule has 3 atom stereocenters. The zero-order chi connectivity index (χ0) is 13.5. The normalized spacial score (nSPS) is 36.1. The second-order valence-corrected chi connectivity index (χ2v) is 7.20. The van der Waals surface area contributed by atoms with Crippen LogP contribution in [-0.2, 0) is 4.79 Å². The molecule has 3 aliphatic carbocycles. The molecular formula is C15H24N2OS. The molecule has 3 saturated carbocycles. The average molecular weight is 280 g/mol. The lowest BCUT2D eigenvalue weighted by Crippen LogP contribution is -2.53. The van der Waals surface area contributed by atoms with Gasteiger partial charge >= 0.3 is 0 Å². The molecule has 0 aromatic rings. The Morgan fingerprint density at radius 1 is 1.16 bits per heavy atom. The van der Waals surface area contributed by atoms with E-state index in [0.717, 1.165) is 31.6 Å². The van der Waals surface area contributed by atoms with Crippen LogP contribution in [0.5, 0.6) is 0 Å².